The number of carboxylic acid groups (broad SMARTS) is 1. The molecule has 0 atom stereocenters. The van der Waals surface area contributed by atoms with E-state index in [1.54, 1.807) is 0 Å². The first-order valence-electron chi connectivity index (χ1n) is 7.59. The lowest BCUT2D eigenvalue weighted by Gasteiger charge is -1.91. The summed E-state index contributed by atoms with van der Waals surface area (Å²) in [6.45, 7) is 2.14. The molecule has 0 fully saturated rings. The van der Waals surface area contributed by atoms with Crippen molar-refractivity contribution in [2.45, 2.75) is 58.3 Å². The monoisotopic (exact) mass is 276 g/mol. The summed E-state index contributed by atoms with van der Waals surface area (Å²) in [6.07, 6.45) is 24.5. The molecule has 0 heterocycles. The third-order valence-electron chi connectivity index (χ3n) is 2.71. The number of allylic oxidation sites excluding steroid dienone is 8. The van der Waals surface area contributed by atoms with Crippen molar-refractivity contribution >= 4 is 5.97 Å². The summed E-state index contributed by atoms with van der Waals surface area (Å²) in [5, 5.41) is 8.47. The van der Waals surface area contributed by atoms with E-state index in [1.165, 1.54) is 0 Å². The molecule has 1 N–H and O–H groups in total. The molecule has 0 spiro atoms. The Hall–Kier alpha value is -1.57. The first kappa shape index (κ1) is 18.4. The van der Waals surface area contributed by atoms with Crippen LogP contribution in [-0.4, -0.2) is 11.1 Å². The van der Waals surface area contributed by atoms with Crippen molar-refractivity contribution in [2.24, 2.45) is 0 Å². The second-order valence-electron chi connectivity index (χ2n) is 4.63. The lowest BCUT2D eigenvalue weighted by molar-refractivity contribution is -0.137. The molecule has 0 radical (unpaired) electrons. The van der Waals surface area contributed by atoms with E-state index in [0.717, 1.165) is 44.9 Å². The van der Waals surface area contributed by atoms with Gasteiger partial charge in [-0.1, -0.05) is 55.5 Å². The molecule has 0 unspecified atom stereocenters. The van der Waals surface area contributed by atoms with Crippen LogP contribution in [0.2, 0.25) is 0 Å². The highest BCUT2D eigenvalue weighted by molar-refractivity contribution is 5.66. The van der Waals surface area contributed by atoms with Crippen LogP contribution in [0.3, 0.4) is 0 Å². The Labute approximate surface area is 123 Å². The summed E-state index contributed by atoms with van der Waals surface area (Å²) in [5.41, 5.74) is 0. The molecule has 112 valence electrons. The van der Waals surface area contributed by atoms with Crippen LogP contribution in [0.5, 0.6) is 0 Å². The van der Waals surface area contributed by atoms with E-state index >= 15 is 0 Å². The van der Waals surface area contributed by atoms with E-state index in [-0.39, 0.29) is 6.42 Å². The van der Waals surface area contributed by atoms with Gasteiger partial charge in [0.25, 0.3) is 0 Å². The van der Waals surface area contributed by atoms with Gasteiger partial charge >= 0.3 is 5.97 Å². The van der Waals surface area contributed by atoms with Crippen LogP contribution >= 0.6 is 0 Å². The number of rotatable bonds is 12. The van der Waals surface area contributed by atoms with Crippen LogP contribution < -0.4 is 0 Å². The Bertz CT molecular complexity index is 335. The van der Waals surface area contributed by atoms with Crippen molar-refractivity contribution in [3.8, 4) is 0 Å². The molecule has 0 saturated carbocycles. The zero-order valence-corrected chi connectivity index (χ0v) is 12.6. The highest BCUT2D eigenvalue weighted by Gasteiger charge is 1.92. The summed E-state index contributed by atoms with van der Waals surface area (Å²) < 4.78 is 0. The largest absolute Gasteiger partial charge is 0.481 e. The average molecular weight is 276 g/mol. The minimum Gasteiger partial charge on any atom is -0.481 e. The smallest absolute Gasteiger partial charge is 0.303 e. The van der Waals surface area contributed by atoms with Crippen molar-refractivity contribution in [3.05, 3.63) is 48.6 Å². The van der Waals surface area contributed by atoms with Gasteiger partial charge in [0.15, 0.2) is 0 Å². The van der Waals surface area contributed by atoms with Crippen LogP contribution in [0.1, 0.15) is 58.3 Å². The third-order valence-corrected chi connectivity index (χ3v) is 2.71. The lowest BCUT2D eigenvalue weighted by atomic mass is 10.2. The zero-order valence-electron chi connectivity index (χ0n) is 12.6. The van der Waals surface area contributed by atoms with Crippen LogP contribution in [0.25, 0.3) is 0 Å². The Kier molecular flexibility index (Phi) is 14.3. The first-order valence-corrected chi connectivity index (χ1v) is 7.59. The molecule has 2 nitrogen and oxygen atoms in total. The van der Waals surface area contributed by atoms with E-state index in [1.807, 2.05) is 0 Å². The lowest BCUT2D eigenvalue weighted by Crippen LogP contribution is -1.92. The summed E-state index contributed by atoms with van der Waals surface area (Å²) in [6, 6.07) is 0. The van der Waals surface area contributed by atoms with E-state index in [2.05, 4.69) is 55.5 Å². The molecular weight excluding hydrogens is 248 g/mol. The summed E-state index contributed by atoms with van der Waals surface area (Å²) in [5.74, 6) is -0.709. The molecule has 0 aliphatic rings. The second kappa shape index (κ2) is 15.5. The Morgan fingerprint density at radius 2 is 1.30 bits per heavy atom. The predicted molar refractivity (Wildman–Crippen MR) is 86.8 cm³/mol. The fourth-order valence-electron chi connectivity index (χ4n) is 1.63. The van der Waals surface area contributed by atoms with E-state index in [9.17, 15) is 4.79 Å². The first-order chi connectivity index (χ1) is 9.77. The average Bonchev–Trinajstić information content (AvgIpc) is 2.43. The SMILES string of the molecule is CC/C=C\C/C=C\C/C=C\CC/C=C/CCCC(=O)O. The number of carboxylic acids is 1. The molecule has 0 aromatic carbocycles. The predicted octanol–water partition coefficient (Wildman–Crippen LogP) is 5.44. The van der Waals surface area contributed by atoms with E-state index in [4.69, 9.17) is 5.11 Å². The second-order valence-corrected chi connectivity index (χ2v) is 4.63. The summed E-state index contributed by atoms with van der Waals surface area (Å²) in [4.78, 5) is 10.3. The van der Waals surface area contributed by atoms with E-state index in [0.29, 0.717) is 0 Å². The highest BCUT2D eigenvalue weighted by Crippen LogP contribution is 2.00. The topological polar surface area (TPSA) is 37.3 Å². The standard InChI is InChI=1S/C18H28O2/c1-2-3-4-5-6-7-8-9-10-11-12-13-14-15-16-17-18(19)20/h3-4,6-7,9-10,13-14H,2,5,8,11-12,15-17H2,1H3,(H,19,20)/b4-3-,7-6-,10-9-,14-13+. The van der Waals surface area contributed by atoms with Crippen LogP contribution in [0.15, 0.2) is 48.6 Å². The van der Waals surface area contributed by atoms with Crippen molar-refractivity contribution < 1.29 is 9.90 Å². The quantitative estimate of drug-likeness (QED) is 0.381. The fraction of sp³-hybridized carbons (Fsp3) is 0.500. The van der Waals surface area contributed by atoms with Gasteiger partial charge in [-0.15, -0.1) is 0 Å². The molecular formula is C18H28O2. The van der Waals surface area contributed by atoms with Crippen molar-refractivity contribution in [3.63, 3.8) is 0 Å². The minimum atomic E-state index is -0.709. The minimum absolute atomic E-state index is 0.268. The number of aliphatic carboxylic acids is 1. The number of hydrogen-bond acceptors (Lipinski definition) is 1. The van der Waals surface area contributed by atoms with Crippen LogP contribution in [-0.2, 0) is 4.79 Å². The summed E-state index contributed by atoms with van der Waals surface area (Å²) >= 11 is 0. The van der Waals surface area contributed by atoms with E-state index < -0.39 is 5.97 Å². The van der Waals surface area contributed by atoms with Crippen LogP contribution in [0, 0.1) is 0 Å². The molecule has 2 heteroatoms. The molecule has 0 bridgehead atoms. The van der Waals surface area contributed by atoms with Crippen molar-refractivity contribution in [1.29, 1.82) is 0 Å². The molecule has 20 heavy (non-hydrogen) atoms. The zero-order chi connectivity index (χ0) is 14.9. The van der Waals surface area contributed by atoms with Gasteiger partial charge < -0.3 is 5.11 Å². The normalized spacial score (nSPS) is 12.4. The molecule has 0 aromatic heterocycles. The maximum Gasteiger partial charge on any atom is 0.303 e. The van der Waals surface area contributed by atoms with Gasteiger partial charge in [-0.3, -0.25) is 4.79 Å². The number of hydrogen-bond donors (Lipinski definition) is 1. The molecule has 0 rings (SSSR count). The van der Waals surface area contributed by atoms with Gasteiger partial charge in [0.2, 0.25) is 0 Å². The van der Waals surface area contributed by atoms with Crippen molar-refractivity contribution in [1.82, 2.24) is 0 Å². The van der Waals surface area contributed by atoms with Gasteiger partial charge in [0, 0.05) is 6.42 Å². The molecule has 0 amide bonds. The van der Waals surface area contributed by atoms with Gasteiger partial charge in [0.1, 0.15) is 0 Å². The fourth-order valence-corrected chi connectivity index (χ4v) is 1.63. The Morgan fingerprint density at radius 3 is 1.90 bits per heavy atom. The van der Waals surface area contributed by atoms with Crippen LogP contribution in [0.4, 0.5) is 0 Å². The molecule has 0 aromatic rings. The highest BCUT2D eigenvalue weighted by atomic mass is 16.4. The molecule has 0 saturated heterocycles. The number of carbonyl (C=O) groups is 1. The van der Waals surface area contributed by atoms with Gasteiger partial charge in [-0.25, -0.2) is 0 Å². The Morgan fingerprint density at radius 1 is 0.800 bits per heavy atom. The van der Waals surface area contributed by atoms with Crippen molar-refractivity contribution in [2.75, 3.05) is 0 Å². The Balaban J connectivity index is 3.37. The van der Waals surface area contributed by atoms with Gasteiger partial charge in [-0.2, -0.15) is 0 Å². The third kappa shape index (κ3) is 16.4. The van der Waals surface area contributed by atoms with Gasteiger partial charge in [-0.05, 0) is 44.9 Å². The summed E-state index contributed by atoms with van der Waals surface area (Å²) in [7, 11) is 0. The number of unbranched alkanes of at least 4 members (excludes halogenated alkanes) is 2. The molecule has 0 aliphatic heterocycles. The van der Waals surface area contributed by atoms with Gasteiger partial charge in [0.05, 0.1) is 0 Å². The maximum atomic E-state index is 10.3. The maximum absolute atomic E-state index is 10.3. The molecule has 0 aliphatic carbocycles.